The van der Waals surface area contributed by atoms with Gasteiger partial charge in [0.2, 0.25) is 0 Å². The number of aromatic nitrogens is 2. The molecule has 1 atom stereocenters. The summed E-state index contributed by atoms with van der Waals surface area (Å²) in [6.45, 7) is 1.97. The molecule has 0 amide bonds. The molecule has 0 aliphatic carbocycles. The minimum Gasteiger partial charge on any atom is -0.465 e. The molecule has 0 bridgehead atoms. The van der Waals surface area contributed by atoms with Crippen molar-refractivity contribution in [2.24, 2.45) is 0 Å². The number of carbonyl (C=O) groups is 1. The Morgan fingerprint density at radius 1 is 1.56 bits per heavy atom. The maximum atomic E-state index is 11.5. The molecular formula is C13H15N3O2. The van der Waals surface area contributed by atoms with Gasteiger partial charge in [0.25, 0.3) is 0 Å². The summed E-state index contributed by atoms with van der Waals surface area (Å²) in [5.41, 5.74) is 1.56. The summed E-state index contributed by atoms with van der Waals surface area (Å²) in [6, 6.07) is 3.66. The highest BCUT2D eigenvalue weighted by Crippen LogP contribution is 2.22. The molecule has 1 N–H and O–H groups in total. The third-order valence-electron chi connectivity index (χ3n) is 3.40. The largest absolute Gasteiger partial charge is 0.465 e. The molecule has 94 valence electrons. The maximum absolute atomic E-state index is 11.5. The number of hydrogen-bond acceptors (Lipinski definition) is 4. The predicted octanol–water partition coefficient (Wildman–Crippen LogP) is 1.20. The fourth-order valence-electron chi connectivity index (χ4n) is 2.43. The van der Waals surface area contributed by atoms with Gasteiger partial charge in [0, 0.05) is 18.7 Å². The molecule has 0 aromatic carbocycles. The van der Waals surface area contributed by atoms with Gasteiger partial charge in [0.1, 0.15) is 5.82 Å². The molecule has 0 spiro atoms. The van der Waals surface area contributed by atoms with E-state index in [-0.39, 0.29) is 5.97 Å². The van der Waals surface area contributed by atoms with E-state index in [0.29, 0.717) is 11.5 Å². The zero-order valence-electron chi connectivity index (χ0n) is 10.2. The number of imidazole rings is 1. The lowest BCUT2D eigenvalue weighted by Gasteiger charge is -2.08. The van der Waals surface area contributed by atoms with E-state index >= 15 is 0 Å². The zero-order chi connectivity index (χ0) is 12.5. The van der Waals surface area contributed by atoms with Crippen molar-refractivity contribution in [1.29, 1.82) is 0 Å². The van der Waals surface area contributed by atoms with Crippen LogP contribution in [0, 0.1) is 0 Å². The van der Waals surface area contributed by atoms with E-state index in [9.17, 15) is 4.79 Å². The highest BCUT2D eigenvalue weighted by molar-refractivity contribution is 5.89. The second-order valence-corrected chi connectivity index (χ2v) is 4.51. The van der Waals surface area contributed by atoms with Crippen LogP contribution >= 0.6 is 0 Å². The highest BCUT2D eigenvalue weighted by Gasteiger charge is 2.21. The van der Waals surface area contributed by atoms with Crippen LogP contribution in [0.5, 0.6) is 0 Å². The van der Waals surface area contributed by atoms with Crippen molar-refractivity contribution < 1.29 is 9.53 Å². The summed E-state index contributed by atoms with van der Waals surface area (Å²) in [6.07, 6.45) is 4.73. The Kier molecular flexibility index (Phi) is 2.76. The minimum atomic E-state index is -0.318. The van der Waals surface area contributed by atoms with Crippen LogP contribution in [0.15, 0.2) is 24.5 Å². The van der Waals surface area contributed by atoms with Gasteiger partial charge in [-0.1, -0.05) is 0 Å². The minimum absolute atomic E-state index is 0.318. The van der Waals surface area contributed by atoms with Gasteiger partial charge in [0.15, 0.2) is 0 Å². The van der Waals surface area contributed by atoms with Crippen LogP contribution in [-0.4, -0.2) is 35.6 Å². The Labute approximate surface area is 105 Å². The normalized spacial score (nSPS) is 19.3. The van der Waals surface area contributed by atoms with Crippen LogP contribution in [0.2, 0.25) is 0 Å². The molecule has 3 heterocycles. The van der Waals surface area contributed by atoms with Crippen LogP contribution in [-0.2, 0) is 4.74 Å². The van der Waals surface area contributed by atoms with Crippen LogP contribution < -0.4 is 5.32 Å². The molecule has 1 aliphatic heterocycles. The van der Waals surface area contributed by atoms with Crippen LogP contribution in [0.3, 0.4) is 0 Å². The van der Waals surface area contributed by atoms with Gasteiger partial charge in [-0.3, -0.25) is 0 Å². The van der Waals surface area contributed by atoms with E-state index in [4.69, 9.17) is 4.74 Å². The first kappa shape index (κ1) is 11.2. The number of rotatable bonds is 2. The van der Waals surface area contributed by atoms with Crippen molar-refractivity contribution in [1.82, 2.24) is 14.7 Å². The molecular weight excluding hydrogens is 230 g/mol. The summed E-state index contributed by atoms with van der Waals surface area (Å²) >= 11 is 0. The second kappa shape index (κ2) is 4.42. The third-order valence-corrected chi connectivity index (χ3v) is 3.40. The summed E-state index contributed by atoms with van der Waals surface area (Å²) < 4.78 is 6.73. The van der Waals surface area contributed by atoms with Crippen molar-refractivity contribution in [3.63, 3.8) is 0 Å². The topological polar surface area (TPSA) is 55.6 Å². The summed E-state index contributed by atoms with van der Waals surface area (Å²) in [5, 5.41) is 3.33. The molecule has 0 saturated carbocycles. The lowest BCUT2D eigenvalue weighted by atomic mass is 10.1. The lowest BCUT2D eigenvalue weighted by Crippen LogP contribution is -2.11. The fourth-order valence-corrected chi connectivity index (χ4v) is 2.43. The molecule has 18 heavy (non-hydrogen) atoms. The Hall–Kier alpha value is -1.88. The van der Waals surface area contributed by atoms with E-state index < -0.39 is 0 Å². The van der Waals surface area contributed by atoms with Gasteiger partial charge in [-0.05, 0) is 25.1 Å². The van der Waals surface area contributed by atoms with Crippen LogP contribution in [0.25, 0.3) is 5.52 Å². The molecule has 2 aromatic heterocycles. The number of nitrogens with one attached hydrogen (secondary N) is 1. The predicted molar refractivity (Wildman–Crippen MR) is 66.8 cm³/mol. The number of esters is 1. The Morgan fingerprint density at radius 3 is 3.17 bits per heavy atom. The third kappa shape index (κ3) is 1.76. The second-order valence-electron chi connectivity index (χ2n) is 4.51. The Balaban J connectivity index is 2.07. The van der Waals surface area contributed by atoms with Crippen molar-refractivity contribution in [2.75, 3.05) is 20.2 Å². The van der Waals surface area contributed by atoms with E-state index in [2.05, 4.69) is 10.3 Å². The lowest BCUT2D eigenvalue weighted by molar-refractivity contribution is 0.0600. The van der Waals surface area contributed by atoms with Gasteiger partial charge in [0.05, 0.1) is 24.4 Å². The number of nitrogens with zero attached hydrogens (tertiary/aromatic N) is 2. The first-order valence-electron chi connectivity index (χ1n) is 6.05. The summed E-state index contributed by atoms with van der Waals surface area (Å²) in [5.74, 6) is 1.11. The SMILES string of the molecule is COC(=O)c1ccc2cnc(C3CCNC3)n2c1. The average molecular weight is 245 g/mol. The molecule has 3 rings (SSSR count). The van der Waals surface area contributed by atoms with Crippen molar-refractivity contribution in [3.05, 3.63) is 35.9 Å². The molecule has 0 radical (unpaired) electrons. The number of methoxy groups -OCH3 is 1. The number of ether oxygens (including phenoxy) is 1. The first-order chi connectivity index (χ1) is 8.79. The van der Waals surface area contributed by atoms with Gasteiger partial charge in [-0.15, -0.1) is 0 Å². The first-order valence-corrected chi connectivity index (χ1v) is 6.05. The summed E-state index contributed by atoms with van der Waals surface area (Å²) in [4.78, 5) is 16.0. The standard InChI is InChI=1S/C13H15N3O2/c1-18-13(17)10-2-3-11-7-15-12(16(11)8-10)9-4-5-14-6-9/h2-3,7-9,14H,4-6H2,1H3. The number of carbonyl (C=O) groups excluding carboxylic acids is 1. The quantitative estimate of drug-likeness (QED) is 0.808. The van der Waals surface area contributed by atoms with Gasteiger partial charge in [-0.25, -0.2) is 9.78 Å². The van der Waals surface area contributed by atoms with Crippen molar-refractivity contribution in [3.8, 4) is 0 Å². The zero-order valence-corrected chi connectivity index (χ0v) is 10.2. The molecule has 2 aromatic rings. The highest BCUT2D eigenvalue weighted by atomic mass is 16.5. The van der Waals surface area contributed by atoms with Crippen LogP contribution in [0.1, 0.15) is 28.5 Å². The van der Waals surface area contributed by atoms with Gasteiger partial charge in [-0.2, -0.15) is 0 Å². The number of fused-ring (bicyclic) bond motifs is 1. The fraction of sp³-hybridized carbons (Fsp3) is 0.385. The van der Waals surface area contributed by atoms with Gasteiger partial charge >= 0.3 is 5.97 Å². The average Bonchev–Trinajstić information content (AvgIpc) is 3.05. The van der Waals surface area contributed by atoms with E-state index in [0.717, 1.165) is 30.9 Å². The molecule has 1 fully saturated rings. The van der Waals surface area contributed by atoms with E-state index in [1.165, 1.54) is 7.11 Å². The molecule has 1 aliphatic rings. The molecule has 1 saturated heterocycles. The van der Waals surface area contributed by atoms with Crippen molar-refractivity contribution in [2.45, 2.75) is 12.3 Å². The number of pyridine rings is 1. The van der Waals surface area contributed by atoms with E-state index in [1.807, 2.05) is 22.9 Å². The number of hydrogen-bond donors (Lipinski definition) is 1. The maximum Gasteiger partial charge on any atom is 0.339 e. The Morgan fingerprint density at radius 2 is 2.44 bits per heavy atom. The van der Waals surface area contributed by atoms with Crippen molar-refractivity contribution >= 4 is 11.5 Å². The monoisotopic (exact) mass is 245 g/mol. The van der Waals surface area contributed by atoms with Gasteiger partial charge < -0.3 is 14.5 Å². The molecule has 1 unspecified atom stereocenters. The smallest absolute Gasteiger partial charge is 0.339 e. The molecule has 5 heteroatoms. The van der Waals surface area contributed by atoms with Crippen LogP contribution in [0.4, 0.5) is 0 Å². The summed E-state index contributed by atoms with van der Waals surface area (Å²) in [7, 11) is 1.39. The Bertz CT molecular complexity index is 585. The molecule has 5 nitrogen and oxygen atoms in total. The van der Waals surface area contributed by atoms with E-state index in [1.54, 1.807) is 6.07 Å².